The number of aryl methyl sites for hydroxylation is 1. The Hall–Kier alpha value is -1.62. The molecular formula is C13H15ClN2O3. The Bertz CT molecular complexity index is 515. The molecule has 0 radical (unpaired) electrons. The summed E-state index contributed by atoms with van der Waals surface area (Å²) in [5.74, 6) is 0.170. The number of rotatable bonds is 5. The van der Waals surface area contributed by atoms with Crippen molar-refractivity contribution in [1.82, 2.24) is 5.32 Å². The van der Waals surface area contributed by atoms with Crippen molar-refractivity contribution < 1.29 is 9.72 Å². The number of nitro groups is 1. The van der Waals surface area contributed by atoms with Crippen LogP contribution >= 0.6 is 11.6 Å². The zero-order valence-corrected chi connectivity index (χ0v) is 11.3. The van der Waals surface area contributed by atoms with Crippen LogP contribution < -0.4 is 5.32 Å². The number of benzene rings is 1. The first-order valence-corrected chi connectivity index (χ1v) is 6.60. The molecule has 1 atom stereocenters. The lowest BCUT2D eigenvalue weighted by molar-refractivity contribution is -0.385. The van der Waals surface area contributed by atoms with Crippen LogP contribution in [0.4, 0.5) is 5.69 Å². The molecule has 0 aromatic heterocycles. The van der Waals surface area contributed by atoms with Gasteiger partial charge in [-0.25, -0.2) is 0 Å². The number of hydrogen-bond donors (Lipinski definition) is 1. The Morgan fingerprint density at radius 3 is 2.84 bits per heavy atom. The van der Waals surface area contributed by atoms with E-state index in [2.05, 4.69) is 5.32 Å². The summed E-state index contributed by atoms with van der Waals surface area (Å²) < 4.78 is 0. The van der Waals surface area contributed by atoms with Gasteiger partial charge in [-0.1, -0.05) is 6.07 Å². The van der Waals surface area contributed by atoms with Gasteiger partial charge >= 0.3 is 0 Å². The number of carbonyl (C=O) groups excluding carboxylic acids is 1. The summed E-state index contributed by atoms with van der Waals surface area (Å²) >= 11 is 6.09. The average Bonchev–Trinajstić information content (AvgIpc) is 3.20. The van der Waals surface area contributed by atoms with Crippen molar-refractivity contribution in [3.8, 4) is 0 Å². The summed E-state index contributed by atoms with van der Waals surface area (Å²) in [6, 6.07) is 4.45. The molecule has 102 valence electrons. The molecule has 1 aromatic carbocycles. The highest BCUT2D eigenvalue weighted by atomic mass is 35.5. The van der Waals surface area contributed by atoms with E-state index in [-0.39, 0.29) is 22.5 Å². The zero-order chi connectivity index (χ0) is 14.0. The SMILES string of the molecule is Cc1ccc(C(=O)NCC(Cl)C2CC2)cc1[N+](=O)[O-]. The maximum Gasteiger partial charge on any atom is 0.273 e. The summed E-state index contributed by atoms with van der Waals surface area (Å²) in [7, 11) is 0. The quantitative estimate of drug-likeness (QED) is 0.513. The van der Waals surface area contributed by atoms with Crippen molar-refractivity contribution >= 4 is 23.2 Å². The van der Waals surface area contributed by atoms with Gasteiger partial charge in [-0.05, 0) is 31.7 Å². The number of nitro benzene ring substituents is 1. The van der Waals surface area contributed by atoms with E-state index < -0.39 is 4.92 Å². The van der Waals surface area contributed by atoms with Gasteiger partial charge in [0, 0.05) is 23.7 Å². The highest BCUT2D eigenvalue weighted by molar-refractivity contribution is 6.21. The highest BCUT2D eigenvalue weighted by Gasteiger charge is 2.29. The highest BCUT2D eigenvalue weighted by Crippen LogP contribution is 2.35. The molecule has 19 heavy (non-hydrogen) atoms. The number of nitrogens with zero attached hydrogens (tertiary/aromatic N) is 1. The fraction of sp³-hybridized carbons (Fsp3) is 0.462. The van der Waals surface area contributed by atoms with Gasteiger partial charge in [0.1, 0.15) is 0 Å². The predicted octanol–water partition coefficient (Wildman–Crippen LogP) is 2.65. The Morgan fingerprint density at radius 1 is 1.58 bits per heavy atom. The van der Waals surface area contributed by atoms with E-state index in [1.165, 1.54) is 6.07 Å². The molecule has 0 aliphatic heterocycles. The molecule has 1 N–H and O–H groups in total. The molecule has 2 rings (SSSR count). The molecule has 1 saturated carbocycles. The fourth-order valence-corrected chi connectivity index (χ4v) is 2.19. The Balaban J connectivity index is 2.02. The Labute approximate surface area is 116 Å². The molecule has 1 aliphatic rings. The number of nitrogens with one attached hydrogen (secondary N) is 1. The van der Waals surface area contributed by atoms with Gasteiger partial charge in [0.25, 0.3) is 11.6 Å². The number of halogens is 1. The first kappa shape index (κ1) is 13.8. The minimum Gasteiger partial charge on any atom is -0.351 e. The molecule has 0 spiro atoms. The summed E-state index contributed by atoms with van der Waals surface area (Å²) in [6.45, 7) is 2.04. The van der Waals surface area contributed by atoms with Crippen molar-refractivity contribution in [1.29, 1.82) is 0 Å². The van der Waals surface area contributed by atoms with Crippen LogP contribution in [0.5, 0.6) is 0 Å². The van der Waals surface area contributed by atoms with E-state index >= 15 is 0 Å². The topological polar surface area (TPSA) is 72.2 Å². The number of alkyl halides is 1. The van der Waals surface area contributed by atoms with Gasteiger partial charge in [0.05, 0.1) is 10.3 Å². The second-order valence-electron chi connectivity index (χ2n) is 4.82. The maximum absolute atomic E-state index is 11.9. The van der Waals surface area contributed by atoms with Crippen LogP contribution in [0.3, 0.4) is 0 Å². The standard InChI is InChI=1S/C13H15ClN2O3/c1-8-2-3-10(6-12(8)16(18)19)13(17)15-7-11(14)9-4-5-9/h2-3,6,9,11H,4-5,7H2,1H3,(H,15,17). The largest absolute Gasteiger partial charge is 0.351 e. The number of hydrogen-bond acceptors (Lipinski definition) is 3. The molecule has 1 fully saturated rings. The van der Waals surface area contributed by atoms with Crippen molar-refractivity contribution in [3.63, 3.8) is 0 Å². The maximum atomic E-state index is 11.9. The molecule has 1 unspecified atom stereocenters. The average molecular weight is 283 g/mol. The minimum absolute atomic E-state index is 0.0442. The van der Waals surface area contributed by atoms with Crippen LogP contribution in [0.15, 0.2) is 18.2 Å². The van der Waals surface area contributed by atoms with Crippen LogP contribution in [0.25, 0.3) is 0 Å². The second-order valence-corrected chi connectivity index (χ2v) is 5.38. The van der Waals surface area contributed by atoms with Crippen LogP contribution in [0, 0.1) is 23.0 Å². The Kier molecular flexibility index (Phi) is 4.04. The Morgan fingerprint density at radius 2 is 2.26 bits per heavy atom. The van der Waals surface area contributed by atoms with E-state index in [1.54, 1.807) is 19.1 Å². The summed E-state index contributed by atoms with van der Waals surface area (Å²) in [4.78, 5) is 22.2. The van der Waals surface area contributed by atoms with E-state index in [4.69, 9.17) is 11.6 Å². The van der Waals surface area contributed by atoms with Gasteiger partial charge in [0.2, 0.25) is 0 Å². The fourth-order valence-electron chi connectivity index (χ4n) is 1.86. The third-order valence-corrected chi connectivity index (χ3v) is 3.77. The molecule has 6 heteroatoms. The molecule has 1 amide bonds. The molecule has 0 bridgehead atoms. The lowest BCUT2D eigenvalue weighted by atomic mass is 10.1. The molecule has 0 heterocycles. The van der Waals surface area contributed by atoms with Gasteiger partial charge in [0.15, 0.2) is 0 Å². The summed E-state index contributed by atoms with van der Waals surface area (Å²) in [5.41, 5.74) is 0.781. The molecule has 5 nitrogen and oxygen atoms in total. The van der Waals surface area contributed by atoms with Crippen molar-refractivity contribution in [2.45, 2.75) is 25.1 Å². The van der Waals surface area contributed by atoms with Crippen LogP contribution in [0.2, 0.25) is 0 Å². The van der Waals surface area contributed by atoms with E-state index in [0.29, 0.717) is 18.0 Å². The van der Waals surface area contributed by atoms with E-state index in [1.807, 2.05) is 0 Å². The van der Waals surface area contributed by atoms with Gasteiger partial charge in [-0.15, -0.1) is 11.6 Å². The monoisotopic (exact) mass is 282 g/mol. The normalized spacial score (nSPS) is 15.9. The van der Waals surface area contributed by atoms with E-state index in [9.17, 15) is 14.9 Å². The van der Waals surface area contributed by atoms with Crippen molar-refractivity contribution in [2.24, 2.45) is 5.92 Å². The van der Waals surface area contributed by atoms with Gasteiger partial charge < -0.3 is 5.32 Å². The van der Waals surface area contributed by atoms with Crippen molar-refractivity contribution in [3.05, 3.63) is 39.4 Å². The predicted molar refractivity (Wildman–Crippen MR) is 72.5 cm³/mol. The molecular weight excluding hydrogens is 268 g/mol. The first-order valence-electron chi connectivity index (χ1n) is 6.16. The summed E-state index contributed by atoms with van der Waals surface area (Å²) in [5, 5.41) is 13.5. The third-order valence-electron chi connectivity index (χ3n) is 3.26. The van der Waals surface area contributed by atoms with Crippen LogP contribution in [-0.2, 0) is 0 Å². The van der Waals surface area contributed by atoms with Gasteiger partial charge in [-0.2, -0.15) is 0 Å². The van der Waals surface area contributed by atoms with Crippen LogP contribution in [0.1, 0.15) is 28.8 Å². The first-order chi connectivity index (χ1) is 8.99. The lowest BCUT2D eigenvalue weighted by Gasteiger charge is -2.09. The van der Waals surface area contributed by atoms with Crippen LogP contribution in [-0.4, -0.2) is 22.8 Å². The second kappa shape index (κ2) is 5.57. The third kappa shape index (κ3) is 3.44. The summed E-state index contributed by atoms with van der Waals surface area (Å²) in [6.07, 6.45) is 2.22. The smallest absolute Gasteiger partial charge is 0.273 e. The molecule has 1 aliphatic carbocycles. The molecule has 1 aromatic rings. The minimum atomic E-state index is -0.485. The number of carbonyl (C=O) groups is 1. The molecule has 0 saturated heterocycles. The number of amides is 1. The zero-order valence-electron chi connectivity index (χ0n) is 10.6. The van der Waals surface area contributed by atoms with E-state index in [0.717, 1.165) is 12.8 Å². The van der Waals surface area contributed by atoms with Gasteiger partial charge in [-0.3, -0.25) is 14.9 Å². The lowest BCUT2D eigenvalue weighted by Crippen LogP contribution is -2.30. The van der Waals surface area contributed by atoms with Crippen molar-refractivity contribution in [2.75, 3.05) is 6.54 Å².